The molecule has 9 heteroatoms. The van der Waals surface area contributed by atoms with Gasteiger partial charge in [-0.3, -0.25) is 0 Å². The Kier molecular flexibility index (Phi) is 4.80. The number of fused-ring (bicyclic) bond motifs is 1. The van der Waals surface area contributed by atoms with Gasteiger partial charge >= 0.3 is 0 Å². The molecule has 0 radical (unpaired) electrons. The van der Waals surface area contributed by atoms with E-state index in [1.165, 1.54) is 6.33 Å². The zero-order valence-electron chi connectivity index (χ0n) is 16.9. The van der Waals surface area contributed by atoms with Crippen LogP contribution in [0, 0.1) is 0 Å². The molecule has 30 heavy (non-hydrogen) atoms. The maximum Gasteiger partial charge on any atom is 0.161 e. The van der Waals surface area contributed by atoms with Gasteiger partial charge in [0.05, 0.1) is 26.9 Å². The molecule has 1 unspecified atom stereocenters. The van der Waals surface area contributed by atoms with E-state index in [0.717, 1.165) is 41.5 Å². The van der Waals surface area contributed by atoms with Gasteiger partial charge in [0.15, 0.2) is 28.8 Å². The van der Waals surface area contributed by atoms with Crippen molar-refractivity contribution in [1.29, 1.82) is 0 Å². The Labute approximate surface area is 173 Å². The maximum atomic E-state index is 5.60. The molecular weight excluding hydrogens is 384 g/mol. The lowest BCUT2D eigenvalue weighted by Gasteiger charge is -2.11. The van der Waals surface area contributed by atoms with Crippen LogP contribution in [0.1, 0.15) is 23.9 Å². The van der Waals surface area contributed by atoms with Crippen molar-refractivity contribution < 1.29 is 14.2 Å². The lowest BCUT2D eigenvalue weighted by molar-refractivity contribution is 0.184. The summed E-state index contributed by atoms with van der Waals surface area (Å²) in [5.41, 5.74) is 2.77. The molecule has 0 amide bonds. The average Bonchev–Trinajstić information content (AvgIpc) is 3.53. The second kappa shape index (κ2) is 7.75. The largest absolute Gasteiger partial charge is 0.493 e. The monoisotopic (exact) mass is 406 g/mol. The van der Waals surface area contributed by atoms with Gasteiger partial charge in [-0.1, -0.05) is 6.07 Å². The van der Waals surface area contributed by atoms with Crippen molar-refractivity contribution in [1.82, 2.24) is 29.4 Å². The molecule has 1 aliphatic heterocycles. The van der Waals surface area contributed by atoms with Gasteiger partial charge in [-0.2, -0.15) is 10.2 Å². The van der Waals surface area contributed by atoms with Crippen molar-refractivity contribution in [3.63, 3.8) is 0 Å². The molecule has 1 atom stereocenters. The molecule has 0 spiro atoms. The first kappa shape index (κ1) is 18.6. The molecule has 1 saturated heterocycles. The number of pyridine rings is 1. The lowest BCUT2D eigenvalue weighted by Crippen LogP contribution is -2.12. The van der Waals surface area contributed by atoms with E-state index in [-0.39, 0.29) is 6.04 Å². The Bertz CT molecular complexity index is 1180. The highest BCUT2D eigenvalue weighted by Gasteiger charge is 2.24. The van der Waals surface area contributed by atoms with Crippen molar-refractivity contribution in [3.05, 3.63) is 54.2 Å². The van der Waals surface area contributed by atoms with Crippen LogP contribution in [0.4, 0.5) is 0 Å². The van der Waals surface area contributed by atoms with Crippen LogP contribution in [0.3, 0.4) is 0 Å². The summed E-state index contributed by atoms with van der Waals surface area (Å²) in [6, 6.07) is 9.99. The van der Waals surface area contributed by atoms with Gasteiger partial charge in [0, 0.05) is 24.8 Å². The van der Waals surface area contributed by atoms with Gasteiger partial charge in [-0.25, -0.2) is 19.2 Å². The predicted octanol–water partition coefficient (Wildman–Crippen LogP) is 2.56. The normalized spacial score (nSPS) is 16.3. The molecule has 1 aromatic carbocycles. The van der Waals surface area contributed by atoms with Gasteiger partial charge in [0.25, 0.3) is 0 Å². The number of hydrogen-bond acceptors (Lipinski definition) is 7. The molecule has 1 fully saturated rings. The summed E-state index contributed by atoms with van der Waals surface area (Å²) in [6.07, 6.45) is 4.92. The van der Waals surface area contributed by atoms with Gasteiger partial charge < -0.3 is 14.2 Å². The predicted molar refractivity (Wildman–Crippen MR) is 109 cm³/mol. The first-order valence-corrected chi connectivity index (χ1v) is 9.79. The summed E-state index contributed by atoms with van der Waals surface area (Å²) < 4.78 is 20.1. The van der Waals surface area contributed by atoms with E-state index >= 15 is 0 Å². The summed E-state index contributed by atoms with van der Waals surface area (Å²) in [5.74, 6) is 2.94. The third-order valence-corrected chi connectivity index (χ3v) is 5.28. The van der Waals surface area contributed by atoms with Gasteiger partial charge in [0.1, 0.15) is 6.33 Å². The lowest BCUT2D eigenvalue weighted by atomic mass is 10.1. The van der Waals surface area contributed by atoms with Gasteiger partial charge in [-0.15, -0.1) is 0 Å². The fraction of sp³-hybridized carbons (Fsp3) is 0.333. The van der Waals surface area contributed by atoms with Crippen molar-refractivity contribution in [2.45, 2.75) is 18.9 Å². The minimum atomic E-state index is 0.167. The molecule has 5 rings (SSSR count). The number of rotatable bonds is 6. The molecule has 0 saturated carbocycles. The van der Waals surface area contributed by atoms with E-state index in [2.05, 4.69) is 10.1 Å². The second-order valence-electron chi connectivity index (χ2n) is 7.16. The number of ether oxygens (including phenoxy) is 3. The quantitative estimate of drug-likeness (QED) is 0.486. The standard InChI is InChI=1S/C21H22N6O3/c1-28-17-4-3-14(9-18(17)29-2)10-19-24-21(27(25-19)16-6-8-30-12-16)15-5-7-26-20(11-15)22-13-23-26/h3-5,7,9,11,13,16H,6,8,10,12H2,1-2H3. The van der Waals surface area contributed by atoms with Crippen molar-refractivity contribution in [2.75, 3.05) is 27.4 Å². The molecule has 0 aliphatic carbocycles. The Balaban J connectivity index is 1.52. The molecule has 3 aromatic heterocycles. The zero-order valence-corrected chi connectivity index (χ0v) is 16.9. The average molecular weight is 406 g/mol. The molecule has 9 nitrogen and oxygen atoms in total. The van der Waals surface area contributed by atoms with Crippen molar-refractivity contribution in [2.24, 2.45) is 0 Å². The van der Waals surface area contributed by atoms with Crippen molar-refractivity contribution >= 4 is 5.65 Å². The Hall–Kier alpha value is -3.46. The van der Waals surface area contributed by atoms with E-state index in [9.17, 15) is 0 Å². The maximum absolute atomic E-state index is 5.60. The highest BCUT2D eigenvalue weighted by molar-refractivity contribution is 5.61. The molecule has 0 N–H and O–H groups in total. The summed E-state index contributed by atoms with van der Waals surface area (Å²) in [6.45, 7) is 1.37. The minimum Gasteiger partial charge on any atom is -0.493 e. The van der Waals surface area contributed by atoms with E-state index in [1.807, 2.05) is 41.2 Å². The Morgan fingerprint density at radius 2 is 2.03 bits per heavy atom. The first-order valence-electron chi connectivity index (χ1n) is 9.79. The molecule has 4 heterocycles. The first-order chi connectivity index (χ1) is 14.7. The summed E-state index contributed by atoms with van der Waals surface area (Å²) in [5, 5.41) is 9.01. The van der Waals surface area contributed by atoms with Crippen LogP contribution < -0.4 is 9.47 Å². The fourth-order valence-corrected chi connectivity index (χ4v) is 3.74. The van der Waals surface area contributed by atoms with Crippen molar-refractivity contribution in [3.8, 4) is 22.9 Å². The van der Waals surface area contributed by atoms with Crippen LogP contribution in [0.25, 0.3) is 17.0 Å². The number of hydrogen-bond donors (Lipinski definition) is 0. The number of methoxy groups -OCH3 is 2. The highest BCUT2D eigenvalue weighted by atomic mass is 16.5. The highest BCUT2D eigenvalue weighted by Crippen LogP contribution is 2.30. The van der Waals surface area contributed by atoms with Gasteiger partial charge in [-0.05, 0) is 36.2 Å². The second-order valence-corrected chi connectivity index (χ2v) is 7.16. The van der Waals surface area contributed by atoms with Gasteiger partial charge in [0.2, 0.25) is 0 Å². The third kappa shape index (κ3) is 3.37. The zero-order chi connectivity index (χ0) is 20.5. The minimum absolute atomic E-state index is 0.167. The van der Waals surface area contributed by atoms with Crippen LogP contribution in [-0.4, -0.2) is 56.8 Å². The SMILES string of the molecule is COc1ccc(Cc2nc(-c3ccn4ncnc4c3)n(C3CCOC3)n2)cc1OC. The van der Waals surface area contributed by atoms with E-state index in [0.29, 0.717) is 24.5 Å². The molecule has 154 valence electrons. The fourth-order valence-electron chi connectivity index (χ4n) is 3.74. The summed E-state index contributed by atoms with van der Waals surface area (Å²) >= 11 is 0. The Morgan fingerprint density at radius 1 is 1.13 bits per heavy atom. The van der Waals surface area contributed by atoms with Crippen LogP contribution in [0.2, 0.25) is 0 Å². The Morgan fingerprint density at radius 3 is 2.83 bits per heavy atom. The molecular formula is C21H22N6O3. The van der Waals surface area contributed by atoms with E-state index in [1.54, 1.807) is 18.7 Å². The molecule has 0 bridgehead atoms. The summed E-state index contributed by atoms with van der Waals surface area (Å²) in [4.78, 5) is 9.16. The topological polar surface area (TPSA) is 88.6 Å². The van der Waals surface area contributed by atoms with Crippen LogP contribution in [0.15, 0.2) is 42.9 Å². The molecule has 1 aliphatic rings. The number of nitrogens with zero attached hydrogens (tertiary/aromatic N) is 6. The third-order valence-electron chi connectivity index (χ3n) is 5.28. The van der Waals surface area contributed by atoms with Crippen LogP contribution in [0.5, 0.6) is 11.5 Å². The smallest absolute Gasteiger partial charge is 0.161 e. The number of benzene rings is 1. The molecule has 4 aromatic rings. The van der Waals surface area contributed by atoms with Crippen LogP contribution in [-0.2, 0) is 11.2 Å². The number of aromatic nitrogens is 6. The van der Waals surface area contributed by atoms with E-state index < -0.39 is 0 Å². The van der Waals surface area contributed by atoms with E-state index in [4.69, 9.17) is 24.3 Å². The summed E-state index contributed by atoms with van der Waals surface area (Å²) in [7, 11) is 3.26. The van der Waals surface area contributed by atoms with Crippen LogP contribution >= 0.6 is 0 Å².